The average molecular weight is 530 g/mol. The third-order valence-corrected chi connectivity index (χ3v) is 5.59. The lowest BCUT2D eigenvalue weighted by atomic mass is 10.00. The molecule has 0 bridgehead atoms. The first-order valence-electron chi connectivity index (χ1n) is 12.7. The predicted octanol–water partition coefficient (Wildman–Crippen LogP) is 3.01. The van der Waals surface area contributed by atoms with E-state index < -0.39 is 42.2 Å². The minimum absolute atomic E-state index is 0.00396. The number of hydrogen-bond acceptors (Lipinski definition) is 7. The number of amides is 3. The first-order chi connectivity index (χ1) is 17.9. The molecule has 2 aromatic carbocycles. The highest BCUT2D eigenvalue weighted by Gasteiger charge is 2.36. The fraction of sp³-hybridized carbons (Fsp3) is 0.464. The molecule has 0 saturated carbocycles. The van der Waals surface area contributed by atoms with Gasteiger partial charge >= 0.3 is 6.09 Å². The monoisotopic (exact) mass is 529 g/mol. The van der Waals surface area contributed by atoms with Crippen LogP contribution in [0.25, 0.3) is 0 Å². The molecule has 0 heterocycles. The summed E-state index contributed by atoms with van der Waals surface area (Å²) in [4.78, 5) is 41.3. The van der Waals surface area contributed by atoms with Gasteiger partial charge < -0.3 is 35.6 Å². The fourth-order valence-corrected chi connectivity index (χ4v) is 3.81. The number of carbonyl (C=O) groups is 3. The number of phenolic OH excluding ortho intramolecular Hbond substituents is 2. The molecule has 3 amide bonds. The van der Waals surface area contributed by atoms with E-state index in [-0.39, 0.29) is 24.5 Å². The molecular formula is C28H39N3O7. The maximum absolute atomic E-state index is 14.0. The lowest BCUT2D eigenvalue weighted by Crippen LogP contribution is -2.54. The maximum atomic E-state index is 14.0. The number of nitrogens with zero attached hydrogens (tertiary/aromatic N) is 1. The quantitative estimate of drug-likeness (QED) is 0.265. The summed E-state index contributed by atoms with van der Waals surface area (Å²) < 4.78 is 5.37. The Bertz CT molecular complexity index is 1050. The molecule has 2 atom stereocenters. The second kappa shape index (κ2) is 14.2. The Balaban J connectivity index is 2.48. The lowest BCUT2D eigenvalue weighted by Gasteiger charge is -2.34. The van der Waals surface area contributed by atoms with Crippen LogP contribution in [0, 0.1) is 0 Å². The molecular weight excluding hydrogens is 490 g/mol. The van der Waals surface area contributed by atoms with Crippen LogP contribution < -0.4 is 10.6 Å². The summed E-state index contributed by atoms with van der Waals surface area (Å²) in [6, 6.07) is 9.80. The molecule has 2 aromatic rings. The second-order valence-electron chi connectivity index (χ2n) is 9.96. The van der Waals surface area contributed by atoms with Gasteiger partial charge in [-0.2, -0.15) is 0 Å². The summed E-state index contributed by atoms with van der Waals surface area (Å²) in [6.07, 6.45) is 0.830. The number of aliphatic hydroxyl groups excluding tert-OH is 1. The van der Waals surface area contributed by atoms with Gasteiger partial charge in [0.1, 0.15) is 29.2 Å². The third-order valence-electron chi connectivity index (χ3n) is 5.59. The molecule has 5 N–H and O–H groups in total. The van der Waals surface area contributed by atoms with Gasteiger partial charge in [-0.3, -0.25) is 9.59 Å². The van der Waals surface area contributed by atoms with E-state index in [4.69, 9.17) is 4.74 Å². The van der Waals surface area contributed by atoms with Crippen molar-refractivity contribution < 1.29 is 34.4 Å². The van der Waals surface area contributed by atoms with E-state index in [0.29, 0.717) is 17.7 Å². The Morgan fingerprint density at radius 3 is 2.08 bits per heavy atom. The maximum Gasteiger partial charge on any atom is 0.408 e. The van der Waals surface area contributed by atoms with Crippen LogP contribution in [-0.4, -0.2) is 69.5 Å². The number of hydrogen-bond donors (Lipinski definition) is 5. The molecule has 0 radical (unpaired) electrons. The number of ether oxygens (including phenoxy) is 1. The minimum atomic E-state index is -1.15. The molecule has 2 unspecified atom stereocenters. The summed E-state index contributed by atoms with van der Waals surface area (Å²) in [5.41, 5.74) is 0.267. The number of unbranched alkanes of at least 4 members (excludes halogenated alkanes) is 1. The van der Waals surface area contributed by atoms with Crippen molar-refractivity contribution in [2.75, 3.05) is 19.7 Å². The lowest BCUT2D eigenvalue weighted by molar-refractivity contribution is -0.143. The highest BCUT2D eigenvalue weighted by molar-refractivity contribution is 5.92. The van der Waals surface area contributed by atoms with Crippen LogP contribution in [0.5, 0.6) is 11.5 Å². The van der Waals surface area contributed by atoms with E-state index in [0.717, 1.165) is 12.8 Å². The van der Waals surface area contributed by atoms with E-state index in [9.17, 15) is 29.7 Å². The van der Waals surface area contributed by atoms with E-state index >= 15 is 0 Å². The largest absolute Gasteiger partial charge is 0.508 e. The highest BCUT2D eigenvalue weighted by Crippen LogP contribution is 2.25. The smallest absolute Gasteiger partial charge is 0.408 e. The summed E-state index contributed by atoms with van der Waals surface area (Å²) in [6.45, 7) is 6.86. The van der Waals surface area contributed by atoms with Gasteiger partial charge in [-0.1, -0.05) is 37.6 Å². The number of alkyl carbamates (subject to hydrolysis) is 1. The minimum Gasteiger partial charge on any atom is -0.508 e. The molecule has 0 aliphatic heterocycles. The van der Waals surface area contributed by atoms with Crippen molar-refractivity contribution in [2.24, 2.45) is 0 Å². The summed E-state index contributed by atoms with van der Waals surface area (Å²) >= 11 is 0. The van der Waals surface area contributed by atoms with Crippen LogP contribution in [0.3, 0.4) is 0 Å². The zero-order valence-electron chi connectivity index (χ0n) is 22.4. The van der Waals surface area contributed by atoms with Crippen molar-refractivity contribution >= 4 is 17.9 Å². The SMILES string of the molecule is CCCCNC(=O)C(c1ccc(O)cc1)N(CCO)C(=O)C(Cc1ccc(O)cc1)NC(=O)OC(C)(C)C. The normalized spacial score (nSPS) is 12.8. The second-order valence-corrected chi connectivity index (χ2v) is 9.96. The molecule has 38 heavy (non-hydrogen) atoms. The van der Waals surface area contributed by atoms with E-state index in [1.54, 1.807) is 32.9 Å². The molecule has 2 rings (SSSR count). The molecule has 0 aromatic heterocycles. The zero-order chi connectivity index (χ0) is 28.3. The Labute approximate surface area is 223 Å². The average Bonchev–Trinajstić information content (AvgIpc) is 2.84. The van der Waals surface area contributed by atoms with E-state index in [2.05, 4.69) is 10.6 Å². The van der Waals surface area contributed by atoms with Crippen LogP contribution in [0.2, 0.25) is 0 Å². The van der Waals surface area contributed by atoms with Gasteiger partial charge in [0.25, 0.3) is 0 Å². The van der Waals surface area contributed by atoms with Crippen LogP contribution in [0.15, 0.2) is 48.5 Å². The van der Waals surface area contributed by atoms with Crippen molar-refractivity contribution in [1.82, 2.24) is 15.5 Å². The number of rotatable bonds is 12. The van der Waals surface area contributed by atoms with Gasteiger partial charge in [-0.25, -0.2) is 4.79 Å². The predicted molar refractivity (Wildman–Crippen MR) is 143 cm³/mol. The first-order valence-corrected chi connectivity index (χ1v) is 12.7. The molecule has 10 heteroatoms. The standard InChI is InChI=1S/C28H39N3O7/c1-5-6-15-29-25(35)24(20-9-13-22(34)14-10-20)31(16-17-32)26(36)23(30-27(37)38-28(2,3)4)18-19-7-11-21(33)12-8-19/h7-14,23-24,32-34H,5-6,15-18H2,1-4H3,(H,29,35)(H,30,37). The van der Waals surface area contributed by atoms with Gasteiger partial charge in [-0.15, -0.1) is 0 Å². The molecule has 0 saturated heterocycles. The Hall–Kier alpha value is -3.79. The van der Waals surface area contributed by atoms with Crippen LogP contribution in [0.4, 0.5) is 4.79 Å². The summed E-state index contributed by atoms with van der Waals surface area (Å²) in [5.74, 6) is -1.02. The van der Waals surface area contributed by atoms with Crippen molar-refractivity contribution in [2.45, 2.75) is 64.6 Å². The number of carbonyl (C=O) groups excluding carboxylic acids is 3. The van der Waals surface area contributed by atoms with Crippen LogP contribution in [-0.2, 0) is 20.7 Å². The summed E-state index contributed by atoms with van der Waals surface area (Å²) in [7, 11) is 0. The molecule has 10 nitrogen and oxygen atoms in total. The van der Waals surface area contributed by atoms with Gasteiger partial charge in [0.05, 0.1) is 6.61 Å². The van der Waals surface area contributed by atoms with Crippen LogP contribution >= 0.6 is 0 Å². The fourth-order valence-electron chi connectivity index (χ4n) is 3.81. The Morgan fingerprint density at radius 2 is 1.55 bits per heavy atom. The van der Waals surface area contributed by atoms with Crippen molar-refractivity contribution in [1.29, 1.82) is 0 Å². The van der Waals surface area contributed by atoms with Crippen molar-refractivity contribution in [3.8, 4) is 11.5 Å². The number of benzene rings is 2. The third kappa shape index (κ3) is 9.59. The number of aliphatic hydroxyl groups is 1. The van der Waals surface area contributed by atoms with E-state index in [1.807, 2.05) is 6.92 Å². The number of nitrogens with one attached hydrogen (secondary N) is 2. The Morgan fingerprint density at radius 1 is 0.974 bits per heavy atom. The van der Waals surface area contributed by atoms with Gasteiger partial charge in [0.15, 0.2) is 0 Å². The zero-order valence-corrected chi connectivity index (χ0v) is 22.4. The van der Waals surface area contributed by atoms with E-state index in [1.165, 1.54) is 41.3 Å². The first kappa shape index (κ1) is 30.4. The molecule has 0 fully saturated rings. The van der Waals surface area contributed by atoms with Gasteiger partial charge in [-0.05, 0) is 62.6 Å². The van der Waals surface area contributed by atoms with Crippen LogP contribution in [0.1, 0.15) is 57.7 Å². The Kier molecular flexibility index (Phi) is 11.4. The van der Waals surface area contributed by atoms with Gasteiger partial charge in [0.2, 0.25) is 11.8 Å². The van der Waals surface area contributed by atoms with Crippen molar-refractivity contribution in [3.63, 3.8) is 0 Å². The summed E-state index contributed by atoms with van der Waals surface area (Å²) in [5, 5.41) is 34.7. The topological polar surface area (TPSA) is 148 Å². The van der Waals surface area contributed by atoms with Crippen molar-refractivity contribution in [3.05, 3.63) is 59.7 Å². The highest BCUT2D eigenvalue weighted by atomic mass is 16.6. The molecule has 0 spiro atoms. The molecule has 208 valence electrons. The number of phenols is 2. The molecule has 0 aliphatic carbocycles. The molecule has 0 aliphatic rings. The van der Waals surface area contributed by atoms with Gasteiger partial charge in [0, 0.05) is 19.5 Å². The number of aromatic hydroxyl groups is 2.